The van der Waals surface area contributed by atoms with Gasteiger partial charge in [0, 0.05) is 5.56 Å². The smallest absolute Gasteiger partial charge is 0.183 e. The summed E-state index contributed by atoms with van der Waals surface area (Å²) in [5, 5.41) is 0.235. The molecule has 0 saturated heterocycles. The summed E-state index contributed by atoms with van der Waals surface area (Å²) in [4.78, 5) is 12.1. The third-order valence-electron chi connectivity index (χ3n) is 2.46. The first kappa shape index (κ1) is 13.1. The number of nitrogens with two attached hydrogens (primary N) is 1. The molecule has 88 valence electrons. The molecule has 1 atom stereocenters. The summed E-state index contributed by atoms with van der Waals surface area (Å²) in [7, 11) is 0. The maximum Gasteiger partial charge on any atom is 0.183 e. The number of benzene rings is 1. The summed E-state index contributed by atoms with van der Waals surface area (Å²) in [5.41, 5.74) is 5.05. The second kappa shape index (κ2) is 4.93. The number of carbonyl (C=O) groups excluding carboxylic acids is 1. The summed E-state index contributed by atoms with van der Waals surface area (Å²) in [6.07, 6.45) is 1.32. The van der Waals surface area contributed by atoms with E-state index in [1.807, 2.05) is 6.92 Å². The van der Waals surface area contributed by atoms with E-state index in [1.165, 1.54) is 12.1 Å². The number of carbonyl (C=O) groups is 1. The first-order valence-corrected chi connectivity index (χ1v) is 5.55. The van der Waals surface area contributed by atoms with Crippen molar-refractivity contribution >= 4 is 17.4 Å². The summed E-state index contributed by atoms with van der Waals surface area (Å²) >= 11 is 5.85. The normalized spacial score (nSPS) is 14.6. The fraction of sp³-hybridized carbons (Fsp3) is 0.417. The monoisotopic (exact) mass is 243 g/mol. The number of hydrogen-bond acceptors (Lipinski definition) is 2. The SMILES string of the molecule is CCCC(C)(N)C(=O)c1cc(F)ccc1Cl. The number of rotatable bonds is 4. The van der Waals surface area contributed by atoms with Crippen LogP contribution in [0.25, 0.3) is 0 Å². The highest BCUT2D eigenvalue weighted by molar-refractivity contribution is 6.34. The van der Waals surface area contributed by atoms with Crippen molar-refractivity contribution in [1.29, 1.82) is 0 Å². The molecule has 0 aliphatic heterocycles. The van der Waals surface area contributed by atoms with Gasteiger partial charge in [0.15, 0.2) is 5.78 Å². The molecule has 0 aromatic heterocycles. The predicted octanol–water partition coefficient (Wildman–Crippen LogP) is 3.18. The molecular formula is C12H15ClFNO. The Bertz CT molecular complexity index is 404. The Morgan fingerprint density at radius 2 is 2.19 bits per heavy atom. The van der Waals surface area contributed by atoms with E-state index in [-0.39, 0.29) is 16.4 Å². The highest BCUT2D eigenvalue weighted by Gasteiger charge is 2.29. The lowest BCUT2D eigenvalue weighted by atomic mass is 9.88. The Hall–Kier alpha value is -0.930. The van der Waals surface area contributed by atoms with Crippen LogP contribution in [0.3, 0.4) is 0 Å². The maximum absolute atomic E-state index is 13.0. The topological polar surface area (TPSA) is 43.1 Å². The molecule has 0 amide bonds. The molecule has 0 heterocycles. The molecule has 0 fully saturated rings. The molecule has 0 bridgehead atoms. The zero-order valence-corrected chi connectivity index (χ0v) is 10.1. The molecule has 1 unspecified atom stereocenters. The molecule has 16 heavy (non-hydrogen) atoms. The molecule has 1 aromatic rings. The lowest BCUT2D eigenvalue weighted by Gasteiger charge is -2.22. The molecule has 1 aromatic carbocycles. The van der Waals surface area contributed by atoms with Gasteiger partial charge in [-0.1, -0.05) is 24.9 Å². The minimum absolute atomic E-state index is 0.153. The van der Waals surface area contributed by atoms with Crippen LogP contribution in [0.2, 0.25) is 5.02 Å². The molecular weight excluding hydrogens is 229 g/mol. The average Bonchev–Trinajstić information content (AvgIpc) is 2.20. The summed E-state index contributed by atoms with van der Waals surface area (Å²) in [6.45, 7) is 3.58. The fourth-order valence-electron chi connectivity index (χ4n) is 1.61. The van der Waals surface area contributed by atoms with Crippen molar-refractivity contribution in [3.63, 3.8) is 0 Å². The van der Waals surface area contributed by atoms with Crippen molar-refractivity contribution in [1.82, 2.24) is 0 Å². The van der Waals surface area contributed by atoms with Crippen molar-refractivity contribution < 1.29 is 9.18 Å². The van der Waals surface area contributed by atoms with Crippen LogP contribution in [-0.4, -0.2) is 11.3 Å². The molecule has 4 heteroatoms. The lowest BCUT2D eigenvalue weighted by Crippen LogP contribution is -2.44. The zero-order chi connectivity index (χ0) is 12.3. The van der Waals surface area contributed by atoms with Crippen LogP contribution >= 0.6 is 11.6 Å². The van der Waals surface area contributed by atoms with Crippen LogP contribution in [0, 0.1) is 5.82 Å². The quantitative estimate of drug-likeness (QED) is 0.826. The van der Waals surface area contributed by atoms with E-state index < -0.39 is 11.4 Å². The van der Waals surface area contributed by atoms with Crippen molar-refractivity contribution in [2.75, 3.05) is 0 Å². The van der Waals surface area contributed by atoms with Gasteiger partial charge in [-0.2, -0.15) is 0 Å². The van der Waals surface area contributed by atoms with E-state index in [4.69, 9.17) is 17.3 Å². The second-order valence-corrected chi connectivity index (χ2v) is 4.53. The Kier molecular flexibility index (Phi) is 4.05. The van der Waals surface area contributed by atoms with Crippen molar-refractivity contribution in [3.8, 4) is 0 Å². The van der Waals surface area contributed by atoms with E-state index >= 15 is 0 Å². The van der Waals surface area contributed by atoms with Gasteiger partial charge < -0.3 is 5.73 Å². The van der Waals surface area contributed by atoms with Gasteiger partial charge in [0.1, 0.15) is 5.82 Å². The second-order valence-electron chi connectivity index (χ2n) is 4.12. The molecule has 0 spiro atoms. The van der Waals surface area contributed by atoms with E-state index in [0.717, 1.165) is 12.5 Å². The number of ketones is 1. The van der Waals surface area contributed by atoms with Gasteiger partial charge in [-0.3, -0.25) is 4.79 Å². The van der Waals surface area contributed by atoms with Crippen LogP contribution in [0.5, 0.6) is 0 Å². The largest absolute Gasteiger partial charge is 0.319 e. The Balaban J connectivity index is 3.09. The first-order chi connectivity index (χ1) is 7.38. The average molecular weight is 244 g/mol. The van der Waals surface area contributed by atoms with Crippen LogP contribution in [0.1, 0.15) is 37.0 Å². The Labute approximate surface area is 99.6 Å². The molecule has 1 rings (SSSR count). The molecule has 2 nitrogen and oxygen atoms in total. The van der Waals surface area contributed by atoms with E-state index in [2.05, 4.69) is 0 Å². The number of hydrogen-bond donors (Lipinski definition) is 1. The predicted molar refractivity (Wildman–Crippen MR) is 63.2 cm³/mol. The third-order valence-corrected chi connectivity index (χ3v) is 2.79. The van der Waals surface area contributed by atoms with Crippen LogP contribution < -0.4 is 5.73 Å². The van der Waals surface area contributed by atoms with Crippen molar-refractivity contribution in [3.05, 3.63) is 34.6 Å². The highest BCUT2D eigenvalue weighted by atomic mass is 35.5. The maximum atomic E-state index is 13.0. The highest BCUT2D eigenvalue weighted by Crippen LogP contribution is 2.23. The van der Waals surface area contributed by atoms with Gasteiger partial charge in [-0.15, -0.1) is 0 Å². The van der Waals surface area contributed by atoms with Gasteiger partial charge >= 0.3 is 0 Å². The molecule has 0 aliphatic rings. The lowest BCUT2D eigenvalue weighted by molar-refractivity contribution is 0.0893. The Morgan fingerprint density at radius 3 is 2.75 bits per heavy atom. The van der Waals surface area contributed by atoms with Gasteiger partial charge in [-0.05, 0) is 31.5 Å². The van der Waals surface area contributed by atoms with E-state index in [9.17, 15) is 9.18 Å². The minimum Gasteiger partial charge on any atom is -0.319 e. The van der Waals surface area contributed by atoms with Crippen molar-refractivity contribution in [2.24, 2.45) is 5.73 Å². The van der Waals surface area contributed by atoms with E-state index in [1.54, 1.807) is 6.92 Å². The van der Waals surface area contributed by atoms with Gasteiger partial charge in [0.25, 0.3) is 0 Å². The van der Waals surface area contributed by atoms with Crippen LogP contribution in [-0.2, 0) is 0 Å². The van der Waals surface area contributed by atoms with Gasteiger partial charge in [0.2, 0.25) is 0 Å². The van der Waals surface area contributed by atoms with E-state index in [0.29, 0.717) is 6.42 Å². The summed E-state index contributed by atoms with van der Waals surface area (Å²) in [6, 6.07) is 3.71. The summed E-state index contributed by atoms with van der Waals surface area (Å²) in [5.74, 6) is -0.807. The number of Topliss-reactive ketones (excluding diaryl/α,β-unsaturated/α-hetero) is 1. The molecule has 0 radical (unpaired) electrons. The minimum atomic E-state index is -0.994. The van der Waals surface area contributed by atoms with Crippen LogP contribution in [0.4, 0.5) is 4.39 Å². The van der Waals surface area contributed by atoms with Crippen molar-refractivity contribution in [2.45, 2.75) is 32.2 Å². The fourth-order valence-corrected chi connectivity index (χ4v) is 1.82. The van der Waals surface area contributed by atoms with Crippen LogP contribution in [0.15, 0.2) is 18.2 Å². The third kappa shape index (κ3) is 2.80. The standard InChI is InChI=1S/C12H15ClFNO/c1-3-6-12(2,15)11(16)9-7-8(14)4-5-10(9)13/h4-5,7H,3,6,15H2,1-2H3. The Morgan fingerprint density at radius 1 is 1.56 bits per heavy atom. The summed E-state index contributed by atoms with van der Waals surface area (Å²) < 4.78 is 13.0. The molecule has 0 aliphatic carbocycles. The number of halogens is 2. The van der Waals surface area contributed by atoms with Gasteiger partial charge in [0.05, 0.1) is 10.6 Å². The molecule has 2 N–H and O–H groups in total. The first-order valence-electron chi connectivity index (χ1n) is 5.17. The van der Waals surface area contributed by atoms with Gasteiger partial charge in [-0.25, -0.2) is 4.39 Å². The zero-order valence-electron chi connectivity index (χ0n) is 9.39. The molecule has 0 saturated carbocycles.